The van der Waals surface area contributed by atoms with Gasteiger partial charge in [0.1, 0.15) is 0 Å². The lowest BCUT2D eigenvalue weighted by Crippen LogP contribution is -2.50. The van der Waals surface area contributed by atoms with Crippen LogP contribution < -0.4 is 5.32 Å². The third-order valence-electron chi connectivity index (χ3n) is 1.55. The van der Waals surface area contributed by atoms with Crippen LogP contribution in [0.25, 0.3) is 0 Å². The highest BCUT2D eigenvalue weighted by molar-refractivity contribution is 5.79. The van der Waals surface area contributed by atoms with Crippen molar-refractivity contribution in [1.82, 2.24) is 5.32 Å². The highest BCUT2D eigenvalue weighted by Gasteiger charge is 2.30. The van der Waals surface area contributed by atoms with Crippen LogP contribution in [0.4, 0.5) is 4.79 Å². The third kappa shape index (κ3) is 5.90. The van der Waals surface area contributed by atoms with Crippen molar-refractivity contribution in [2.24, 2.45) is 0 Å². The van der Waals surface area contributed by atoms with E-state index in [9.17, 15) is 9.59 Å². The Morgan fingerprint density at radius 1 is 1.27 bits per heavy atom. The molecule has 6 nitrogen and oxygen atoms in total. The first-order valence-corrected chi connectivity index (χ1v) is 4.53. The fraction of sp³-hybridized carbons (Fsp3) is 0.778. The van der Waals surface area contributed by atoms with Crippen molar-refractivity contribution in [3.05, 3.63) is 0 Å². The van der Waals surface area contributed by atoms with E-state index >= 15 is 0 Å². The molecule has 0 aliphatic carbocycles. The highest BCUT2D eigenvalue weighted by Crippen LogP contribution is 2.13. The Hall–Kier alpha value is -1.30. The zero-order valence-corrected chi connectivity index (χ0v) is 9.27. The number of hydrogen-bond donors (Lipinski definition) is 3. The van der Waals surface area contributed by atoms with Gasteiger partial charge >= 0.3 is 12.1 Å². The van der Waals surface area contributed by atoms with Crippen LogP contribution in [0.1, 0.15) is 27.7 Å². The molecule has 0 spiro atoms. The predicted octanol–water partition coefficient (Wildman–Crippen LogP) is 0.911. The van der Waals surface area contributed by atoms with Gasteiger partial charge < -0.3 is 20.3 Å². The van der Waals surface area contributed by atoms with E-state index in [-0.39, 0.29) is 0 Å². The maximum atomic E-state index is 10.8. The highest BCUT2D eigenvalue weighted by atomic mass is 16.5. The minimum atomic E-state index is -1.38. The van der Waals surface area contributed by atoms with Crippen LogP contribution in [0.5, 0.6) is 0 Å². The van der Waals surface area contributed by atoms with Crippen LogP contribution in [0.2, 0.25) is 0 Å². The molecule has 0 unspecified atom stereocenters. The molecule has 0 aromatic heterocycles. The summed E-state index contributed by atoms with van der Waals surface area (Å²) < 4.78 is 5.36. The molecule has 88 valence electrons. The molecule has 6 heteroatoms. The number of carboxylic acid groups (broad SMARTS) is 2. The Kier molecular flexibility index (Phi) is 4.54. The average molecular weight is 219 g/mol. The lowest BCUT2D eigenvalue weighted by atomic mass is 10.1. The molecule has 0 radical (unpaired) electrons. The lowest BCUT2D eigenvalue weighted by Gasteiger charge is -2.28. The van der Waals surface area contributed by atoms with Gasteiger partial charge in [-0.15, -0.1) is 0 Å². The van der Waals surface area contributed by atoms with Crippen LogP contribution in [0.3, 0.4) is 0 Å². The van der Waals surface area contributed by atoms with Crippen molar-refractivity contribution in [3.63, 3.8) is 0 Å². The monoisotopic (exact) mass is 219 g/mol. The number of hydrogen-bond acceptors (Lipinski definition) is 3. The van der Waals surface area contributed by atoms with Gasteiger partial charge in [-0.2, -0.15) is 0 Å². The number of rotatable bonds is 4. The van der Waals surface area contributed by atoms with E-state index in [4.69, 9.17) is 14.9 Å². The largest absolute Gasteiger partial charge is 0.480 e. The smallest absolute Gasteiger partial charge is 0.405 e. The summed E-state index contributed by atoms with van der Waals surface area (Å²) in [6.45, 7) is 6.81. The molecule has 0 heterocycles. The van der Waals surface area contributed by atoms with Gasteiger partial charge in [-0.25, -0.2) is 9.59 Å². The van der Waals surface area contributed by atoms with Gasteiger partial charge in [0.25, 0.3) is 0 Å². The van der Waals surface area contributed by atoms with E-state index in [1.165, 1.54) is 6.92 Å². The maximum Gasteiger partial charge on any atom is 0.405 e. The molecule has 0 saturated heterocycles. The normalized spacial score (nSPS) is 15.5. The Morgan fingerprint density at radius 3 is 2.00 bits per heavy atom. The molecule has 0 aromatic carbocycles. The van der Waals surface area contributed by atoms with Gasteiger partial charge in [-0.05, 0) is 27.7 Å². The first kappa shape index (κ1) is 13.7. The molecular weight excluding hydrogens is 202 g/mol. The van der Waals surface area contributed by atoms with E-state index in [0.717, 1.165) is 0 Å². The molecule has 1 amide bonds. The summed E-state index contributed by atoms with van der Waals surface area (Å²) >= 11 is 0. The topological polar surface area (TPSA) is 95.9 Å². The Labute approximate surface area is 88.2 Å². The minimum Gasteiger partial charge on any atom is -0.480 e. The summed E-state index contributed by atoms with van der Waals surface area (Å²) in [7, 11) is 0. The molecule has 0 aromatic rings. The Bertz CT molecular complexity index is 245. The van der Waals surface area contributed by atoms with Crippen LogP contribution in [0, 0.1) is 0 Å². The molecule has 0 aliphatic rings. The number of ether oxygens (including phenoxy) is 1. The Balaban J connectivity index is 4.49. The van der Waals surface area contributed by atoms with Crippen LogP contribution in [0.15, 0.2) is 0 Å². The number of aliphatic carboxylic acids is 1. The molecule has 15 heavy (non-hydrogen) atoms. The van der Waals surface area contributed by atoms with Crippen molar-refractivity contribution in [2.45, 2.75) is 45.4 Å². The summed E-state index contributed by atoms with van der Waals surface area (Å²) in [5, 5.41) is 19.1. The van der Waals surface area contributed by atoms with Crippen LogP contribution >= 0.6 is 0 Å². The van der Waals surface area contributed by atoms with E-state index in [1.807, 2.05) is 5.32 Å². The average Bonchev–Trinajstić information content (AvgIpc) is 1.95. The van der Waals surface area contributed by atoms with E-state index in [2.05, 4.69) is 0 Å². The molecule has 0 aliphatic heterocycles. The predicted molar refractivity (Wildman–Crippen MR) is 52.9 cm³/mol. The summed E-state index contributed by atoms with van der Waals surface area (Å²) in [5.41, 5.74) is -0.521. The van der Waals surface area contributed by atoms with E-state index in [0.29, 0.717) is 0 Å². The van der Waals surface area contributed by atoms with Crippen molar-refractivity contribution in [3.8, 4) is 0 Å². The second-order valence-electron chi connectivity index (χ2n) is 4.20. The van der Waals surface area contributed by atoms with Crippen molar-refractivity contribution in [2.75, 3.05) is 0 Å². The first-order chi connectivity index (χ1) is 6.63. The molecule has 2 atom stereocenters. The van der Waals surface area contributed by atoms with Gasteiger partial charge in [0.2, 0.25) is 0 Å². The molecule has 3 N–H and O–H groups in total. The van der Waals surface area contributed by atoms with Gasteiger partial charge in [-0.1, -0.05) is 0 Å². The number of carbonyl (C=O) groups is 2. The van der Waals surface area contributed by atoms with Crippen LogP contribution in [-0.4, -0.2) is 40.0 Å². The Morgan fingerprint density at radius 2 is 1.73 bits per heavy atom. The molecule has 0 fully saturated rings. The molecule has 0 bridgehead atoms. The number of carboxylic acids is 1. The standard InChI is InChI=1S/C9H17NO5/c1-5(15-9(2,3)4)6(7(11)12)10-8(13)14/h5-6,10H,1-4H3,(H,11,12)(H,13,14)/t5-,6+/m1/s1. The number of nitrogens with one attached hydrogen (secondary N) is 1. The van der Waals surface area contributed by atoms with Crippen molar-refractivity contribution in [1.29, 1.82) is 0 Å². The van der Waals surface area contributed by atoms with Crippen molar-refractivity contribution < 1.29 is 24.5 Å². The SMILES string of the molecule is C[C@@H](OC(C)(C)C)[C@H](NC(=O)O)C(=O)O. The first-order valence-electron chi connectivity index (χ1n) is 4.53. The lowest BCUT2D eigenvalue weighted by molar-refractivity contribution is -0.147. The summed E-state index contributed by atoms with van der Waals surface area (Å²) in [4.78, 5) is 21.1. The second kappa shape index (κ2) is 4.97. The molecule has 0 saturated carbocycles. The minimum absolute atomic E-state index is 0.521. The van der Waals surface area contributed by atoms with Crippen molar-refractivity contribution >= 4 is 12.1 Å². The fourth-order valence-corrected chi connectivity index (χ4v) is 1.14. The molecular formula is C9H17NO5. The van der Waals surface area contributed by atoms with Crippen LogP contribution in [-0.2, 0) is 9.53 Å². The summed E-state index contributed by atoms with van der Waals surface area (Å²) in [6.07, 6.45) is -2.12. The zero-order valence-electron chi connectivity index (χ0n) is 9.27. The summed E-state index contributed by atoms with van der Waals surface area (Å²) in [5.74, 6) is -1.26. The third-order valence-corrected chi connectivity index (χ3v) is 1.55. The van der Waals surface area contributed by atoms with Gasteiger partial charge in [0.05, 0.1) is 11.7 Å². The zero-order chi connectivity index (χ0) is 12.2. The van der Waals surface area contributed by atoms with Gasteiger partial charge in [0.15, 0.2) is 6.04 Å². The van der Waals surface area contributed by atoms with Gasteiger partial charge in [0, 0.05) is 0 Å². The fourth-order valence-electron chi connectivity index (χ4n) is 1.14. The number of amides is 1. The maximum absolute atomic E-state index is 10.8. The van der Waals surface area contributed by atoms with Gasteiger partial charge in [-0.3, -0.25) is 0 Å². The molecule has 0 rings (SSSR count). The summed E-state index contributed by atoms with van der Waals surface area (Å²) in [6, 6.07) is -1.26. The quantitative estimate of drug-likeness (QED) is 0.653. The second-order valence-corrected chi connectivity index (χ2v) is 4.20. The van der Waals surface area contributed by atoms with E-state index in [1.54, 1.807) is 20.8 Å². The van der Waals surface area contributed by atoms with E-state index < -0.39 is 29.8 Å².